The molecule has 0 aliphatic carbocycles. The number of ether oxygens (including phenoxy) is 2. The van der Waals surface area contributed by atoms with E-state index < -0.39 is 5.97 Å². The van der Waals surface area contributed by atoms with Crippen LogP contribution in [0.5, 0.6) is 11.5 Å². The number of hydrogen-bond acceptors (Lipinski definition) is 6. The molecule has 1 heterocycles. The molecule has 0 amide bonds. The van der Waals surface area contributed by atoms with Gasteiger partial charge in [-0.05, 0) is 68.8 Å². The van der Waals surface area contributed by atoms with Crippen LogP contribution in [0.4, 0.5) is 0 Å². The van der Waals surface area contributed by atoms with E-state index in [1.807, 2.05) is 69.3 Å². The van der Waals surface area contributed by atoms with E-state index in [-0.39, 0.29) is 5.56 Å². The second-order valence-electron chi connectivity index (χ2n) is 9.08. The minimum atomic E-state index is -0.474. The SMILES string of the molecule is CCOc1cc(C=Nn2c(-c3ccc(C)cc3)nc3ccccc3c2=O)ccc1OC(=O)c1cccc(C)c1. The van der Waals surface area contributed by atoms with E-state index in [1.165, 1.54) is 4.68 Å². The van der Waals surface area contributed by atoms with Gasteiger partial charge in [0.15, 0.2) is 17.3 Å². The summed E-state index contributed by atoms with van der Waals surface area (Å²) in [7, 11) is 0. The average molecular weight is 518 g/mol. The van der Waals surface area contributed by atoms with Crippen LogP contribution in [0, 0.1) is 13.8 Å². The van der Waals surface area contributed by atoms with Crippen LogP contribution in [0.2, 0.25) is 0 Å². The van der Waals surface area contributed by atoms with Crippen molar-refractivity contribution in [1.29, 1.82) is 0 Å². The molecule has 5 rings (SSSR count). The summed E-state index contributed by atoms with van der Waals surface area (Å²) in [6, 6.07) is 27.3. The molecule has 0 aliphatic heterocycles. The maximum Gasteiger partial charge on any atom is 0.343 e. The average Bonchev–Trinajstić information content (AvgIpc) is 2.94. The van der Waals surface area contributed by atoms with Crippen LogP contribution in [-0.4, -0.2) is 28.5 Å². The fraction of sp³-hybridized carbons (Fsp3) is 0.125. The highest BCUT2D eigenvalue weighted by Crippen LogP contribution is 2.29. The van der Waals surface area contributed by atoms with Crippen molar-refractivity contribution < 1.29 is 14.3 Å². The summed E-state index contributed by atoms with van der Waals surface area (Å²) >= 11 is 0. The standard InChI is InChI=1S/C32H27N3O4/c1-4-38-29-19-23(14-17-28(29)39-32(37)25-9-7-8-22(3)18-25)20-33-35-30(24-15-12-21(2)13-16-24)34-27-11-6-5-10-26(27)31(35)36/h5-20H,4H2,1-3H3. The van der Waals surface area contributed by atoms with Gasteiger partial charge < -0.3 is 9.47 Å². The van der Waals surface area contributed by atoms with Crippen molar-refractivity contribution in [1.82, 2.24) is 9.66 Å². The Morgan fingerprint density at radius 1 is 0.897 bits per heavy atom. The Morgan fingerprint density at radius 2 is 1.69 bits per heavy atom. The van der Waals surface area contributed by atoms with E-state index in [0.29, 0.717) is 46.0 Å². The van der Waals surface area contributed by atoms with Crippen LogP contribution in [0.1, 0.15) is 34.0 Å². The minimum Gasteiger partial charge on any atom is -0.490 e. The van der Waals surface area contributed by atoms with Crippen LogP contribution < -0.4 is 15.0 Å². The van der Waals surface area contributed by atoms with E-state index in [4.69, 9.17) is 14.5 Å². The molecule has 194 valence electrons. The highest BCUT2D eigenvalue weighted by Gasteiger charge is 2.15. The third-order valence-electron chi connectivity index (χ3n) is 6.11. The third kappa shape index (κ3) is 5.62. The van der Waals surface area contributed by atoms with Crippen LogP contribution >= 0.6 is 0 Å². The van der Waals surface area contributed by atoms with Crippen molar-refractivity contribution in [3.63, 3.8) is 0 Å². The third-order valence-corrected chi connectivity index (χ3v) is 6.11. The summed E-state index contributed by atoms with van der Waals surface area (Å²) < 4.78 is 12.7. The van der Waals surface area contributed by atoms with E-state index in [0.717, 1.165) is 16.7 Å². The lowest BCUT2D eigenvalue weighted by molar-refractivity contribution is 0.0728. The van der Waals surface area contributed by atoms with Gasteiger partial charge in [0.05, 0.1) is 29.3 Å². The maximum absolute atomic E-state index is 13.4. The zero-order valence-electron chi connectivity index (χ0n) is 21.9. The molecule has 0 saturated carbocycles. The molecule has 0 atom stereocenters. The van der Waals surface area contributed by atoms with Gasteiger partial charge in [-0.1, -0.05) is 59.7 Å². The van der Waals surface area contributed by atoms with Gasteiger partial charge in [0.1, 0.15) is 0 Å². The summed E-state index contributed by atoms with van der Waals surface area (Å²) in [6.45, 7) is 6.14. The molecule has 7 heteroatoms. The molecule has 5 aromatic rings. The smallest absolute Gasteiger partial charge is 0.343 e. The van der Waals surface area contributed by atoms with E-state index in [1.54, 1.807) is 48.7 Å². The Morgan fingerprint density at radius 3 is 2.46 bits per heavy atom. The van der Waals surface area contributed by atoms with E-state index in [9.17, 15) is 9.59 Å². The molecule has 0 fully saturated rings. The summed E-state index contributed by atoms with van der Waals surface area (Å²) in [5, 5.41) is 5.00. The lowest BCUT2D eigenvalue weighted by atomic mass is 10.1. The summed E-state index contributed by atoms with van der Waals surface area (Å²) in [5.41, 5.74) is 4.27. The Balaban J connectivity index is 1.52. The summed E-state index contributed by atoms with van der Waals surface area (Å²) in [5.74, 6) is 0.650. The molecule has 39 heavy (non-hydrogen) atoms. The first kappa shape index (κ1) is 25.6. The number of carbonyl (C=O) groups excluding carboxylic acids is 1. The number of benzene rings is 4. The van der Waals surface area contributed by atoms with Crippen molar-refractivity contribution in [2.75, 3.05) is 6.61 Å². The topological polar surface area (TPSA) is 82.8 Å². The van der Waals surface area contributed by atoms with Crippen molar-refractivity contribution in [3.8, 4) is 22.9 Å². The molecule has 1 aromatic heterocycles. The van der Waals surface area contributed by atoms with Gasteiger partial charge in [0.25, 0.3) is 5.56 Å². The normalized spacial score (nSPS) is 11.2. The number of para-hydroxylation sites is 1. The molecule has 0 spiro atoms. The number of carbonyl (C=O) groups is 1. The lowest BCUT2D eigenvalue weighted by Gasteiger charge is -2.12. The molecular weight excluding hydrogens is 490 g/mol. The first-order chi connectivity index (χ1) is 18.9. The number of aryl methyl sites for hydroxylation is 2. The highest BCUT2D eigenvalue weighted by atomic mass is 16.6. The highest BCUT2D eigenvalue weighted by molar-refractivity contribution is 5.92. The predicted molar refractivity (Wildman–Crippen MR) is 153 cm³/mol. The predicted octanol–water partition coefficient (Wildman–Crippen LogP) is 6.18. The largest absolute Gasteiger partial charge is 0.490 e. The van der Waals surface area contributed by atoms with Crippen molar-refractivity contribution in [3.05, 3.63) is 124 Å². The molecule has 4 aromatic carbocycles. The summed E-state index contributed by atoms with van der Waals surface area (Å²) in [6.07, 6.45) is 1.56. The van der Waals surface area contributed by atoms with Crippen molar-refractivity contribution in [2.24, 2.45) is 5.10 Å². The van der Waals surface area contributed by atoms with Gasteiger partial charge in [-0.2, -0.15) is 9.78 Å². The summed E-state index contributed by atoms with van der Waals surface area (Å²) in [4.78, 5) is 30.9. The number of esters is 1. The minimum absolute atomic E-state index is 0.277. The molecule has 0 radical (unpaired) electrons. The van der Waals surface area contributed by atoms with Crippen LogP contribution in [0.3, 0.4) is 0 Å². The first-order valence-corrected chi connectivity index (χ1v) is 12.6. The molecular formula is C32H27N3O4. The molecule has 0 unspecified atom stereocenters. The number of nitrogens with zero attached hydrogens (tertiary/aromatic N) is 3. The van der Waals surface area contributed by atoms with Crippen molar-refractivity contribution in [2.45, 2.75) is 20.8 Å². The van der Waals surface area contributed by atoms with Gasteiger partial charge in [-0.15, -0.1) is 0 Å². The molecule has 0 bridgehead atoms. The number of hydrogen-bond donors (Lipinski definition) is 0. The van der Waals surface area contributed by atoms with Gasteiger partial charge in [0.2, 0.25) is 0 Å². The first-order valence-electron chi connectivity index (χ1n) is 12.6. The van der Waals surface area contributed by atoms with E-state index >= 15 is 0 Å². The quantitative estimate of drug-likeness (QED) is 0.146. The van der Waals surface area contributed by atoms with E-state index in [2.05, 4.69) is 5.10 Å². The lowest BCUT2D eigenvalue weighted by Crippen LogP contribution is -2.20. The molecule has 0 saturated heterocycles. The number of fused-ring (bicyclic) bond motifs is 1. The monoisotopic (exact) mass is 517 g/mol. The Kier molecular flexibility index (Phi) is 7.32. The van der Waals surface area contributed by atoms with Crippen LogP contribution in [-0.2, 0) is 0 Å². The molecule has 0 aliphatic rings. The fourth-order valence-electron chi connectivity index (χ4n) is 4.13. The number of rotatable bonds is 7. The van der Waals surface area contributed by atoms with Crippen LogP contribution in [0.25, 0.3) is 22.3 Å². The zero-order valence-corrected chi connectivity index (χ0v) is 21.9. The Labute approximate surface area is 226 Å². The Hall–Kier alpha value is -5.04. The van der Waals surface area contributed by atoms with Gasteiger partial charge in [-0.25, -0.2) is 9.78 Å². The zero-order chi connectivity index (χ0) is 27.4. The van der Waals surface area contributed by atoms with Gasteiger partial charge in [-0.3, -0.25) is 4.79 Å². The van der Waals surface area contributed by atoms with Gasteiger partial charge >= 0.3 is 5.97 Å². The fourth-order valence-corrected chi connectivity index (χ4v) is 4.13. The van der Waals surface area contributed by atoms with Crippen LogP contribution in [0.15, 0.2) is 101 Å². The van der Waals surface area contributed by atoms with Crippen molar-refractivity contribution >= 4 is 23.1 Å². The Bertz CT molecular complexity index is 1750. The second kappa shape index (κ2) is 11.1. The second-order valence-corrected chi connectivity index (χ2v) is 9.08. The maximum atomic E-state index is 13.4. The number of aromatic nitrogens is 2. The van der Waals surface area contributed by atoms with Gasteiger partial charge in [0, 0.05) is 5.56 Å². The molecule has 0 N–H and O–H groups in total. The molecule has 7 nitrogen and oxygen atoms in total.